The second kappa shape index (κ2) is 7.95. The lowest BCUT2D eigenvalue weighted by Gasteiger charge is -2.38. The fraction of sp³-hybridized carbons (Fsp3) is 0.667. The van der Waals surface area contributed by atoms with Crippen molar-refractivity contribution in [2.75, 3.05) is 19.4 Å². The molecule has 0 spiro atoms. The van der Waals surface area contributed by atoms with Crippen LogP contribution in [-0.2, 0) is 14.6 Å². The van der Waals surface area contributed by atoms with Crippen molar-refractivity contribution in [1.29, 1.82) is 0 Å². The highest BCUT2D eigenvalue weighted by molar-refractivity contribution is 7.91. The minimum atomic E-state index is -3.29. The van der Waals surface area contributed by atoms with E-state index in [4.69, 9.17) is 4.74 Å². The third kappa shape index (κ3) is 4.57. The van der Waals surface area contributed by atoms with Crippen molar-refractivity contribution in [2.24, 2.45) is 0 Å². The highest BCUT2D eigenvalue weighted by Gasteiger charge is 2.38. The van der Waals surface area contributed by atoms with Gasteiger partial charge in [0.15, 0.2) is 9.84 Å². The summed E-state index contributed by atoms with van der Waals surface area (Å²) in [6, 6.07) is 8.82. The van der Waals surface area contributed by atoms with Crippen molar-refractivity contribution >= 4 is 9.84 Å². The summed E-state index contributed by atoms with van der Waals surface area (Å²) in [5, 5.41) is 2.18. The van der Waals surface area contributed by atoms with Crippen LogP contribution in [0.2, 0.25) is 0 Å². The number of rotatable bonds is 8. The second-order valence-electron chi connectivity index (χ2n) is 6.99. The summed E-state index contributed by atoms with van der Waals surface area (Å²) in [6.45, 7) is 7.10. The van der Waals surface area contributed by atoms with E-state index in [0.717, 1.165) is 25.8 Å². The van der Waals surface area contributed by atoms with Gasteiger partial charge in [-0.3, -0.25) is 5.43 Å². The summed E-state index contributed by atoms with van der Waals surface area (Å²) in [6.07, 6.45) is 2.89. The number of nitrogens with one attached hydrogen (secondary N) is 1. The Morgan fingerprint density at radius 3 is 2.58 bits per heavy atom. The van der Waals surface area contributed by atoms with Gasteiger partial charge in [-0.1, -0.05) is 25.1 Å². The molecule has 0 saturated carbocycles. The molecule has 1 aliphatic heterocycles. The molecule has 24 heavy (non-hydrogen) atoms. The molecule has 1 fully saturated rings. The largest absolute Gasteiger partial charge is 0.377 e. The third-order valence-electron chi connectivity index (χ3n) is 4.95. The highest BCUT2D eigenvalue weighted by Crippen LogP contribution is 2.28. The average molecular weight is 355 g/mol. The zero-order valence-electron chi connectivity index (χ0n) is 15.2. The van der Waals surface area contributed by atoms with E-state index in [1.807, 2.05) is 13.0 Å². The first kappa shape index (κ1) is 19.4. The van der Waals surface area contributed by atoms with E-state index in [9.17, 15) is 8.42 Å². The Hall–Kier alpha value is -0.950. The number of benzene rings is 1. The van der Waals surface area contributed by atoms with E-state index in [-0.39, 0.29) is 23.4 Å². The van der Waals surface area contributed by atoms with Gasteiger partial charge in [0.25, 0.3) is 0 Å². The van der Waals surface area contributed by atoms with Gasteiger partial charge in [0, 0.05) is 19.7 Å². The van der Waals surface area contributed by atoms with Crippen LogP contribution in [0.1, 0.15) is 40.0 Å². The number of hydrogen-bond acceptors (Lipinski definition) is 5. The first-order chi connectivity index (χ1) is 11.3. The Bertz CT molecular complexity index is 616. The molecule has 0 radical (unpaired) electrons. The topological polar surface area (TPSA) is 58.6 Å². The number of hydrogen-bond donors (Lipinski definition) is 1. The Morgan fingerprint density at radius 2 is 2.00 bits per heavy atom. The molecule has 1 aliphatic rings. The van der Waals surface area contributed by atoms with Crippen molar-refractivity contribution in [3.8, 4) is 0 Å². The van der Waals surface area contributed by atoms with Crippen molar-refractivity contribution in [3.05, 3.63) is 30.3 Å². The van der Waals surface area contributed by atoms with Crippen LogP contribution in [0.15, 0.2) is 35.2 Å². The predicted octanol–water partition coefficient (Wildman–Crippen LogP) is 2.63. The zero-order chi connectivity index (χ0) is 17.8. The molecule has 1 heterocycles. The standard InChI is InChI=1S/C18H30N2O3S/c1-5-15(14-24(21,22)16-10-7-6-8-11-16)19-20-13-9-12-17(20)18(2,3)23-4/h6-8,10-11,15,17,19H,5,9,12-14H2,1-4H3/t15-,17+/m1/s1. The Balaban J connectivity index is 2.07. The molecule has 0 unspecified atom stereocenters. The molecular weight excluding hydrogens is 324 g/mol. The number of sulfone groups is 1. The maximum atomic E-state index is 12.6. The molecule has 1 saturated heterocycles. The molecule has 1 aromatic carbocycles. The van der Waals surface area contributed by atoms with E-state index in [1.54, 1.807) is 31.4 Å². The van der Waals surface area contributed by atoms with Crippen molar-refractivity contribution in [3.63, 3.8) is 0 Å². The van der Waals surface area contributed by atoms with E-state index in [0.29, 0.717) is 4.90 Å². The van der Waals surface area contributed by atoms with Gasteiger partial charge in [0.2, 0.25) is 0 Å². The van der Waals surface area contributed by atoms with Crippen LogP contribution in [0.5, 0.6) is 0 Å². The van der Waals surface area contributed by atoms with Gasteiger partial charge >= 0.3 is 0 Å². The summed E-state index contributed by atoms with van der Waals surface area (Å²) < 4.78 is 30.9. The summed E-state index contributed by atoms with van der Waals surface area (Å²) in [7, 11) is -1.56. The van der Waals surface area contributed by atoms with Gasteiger partial charge in [-0.05, 0) is 45.2 Å². The average Bonchev–Trinajstić information content (AvgIpc) is 3.04. The minimum absolute atomic E-state index is 0.101. The summed E-state index contributed by atoms with van der Waals surface area (Å²) in [5.41, 5.74) is 3.19. The van der Waals surface area contributed by atoms with Gasteiger partial charge in [0.05, 0.1) is 22.3 Å². The molecule has 0 aromatic heterocycles. The summed E-state index contributed by atoms with van der Waals surface area (Å²) in [4.78, 5) is 0.389. The van der Waals surface area contributed by atoms with E-state index in [1.165, 1.54) is 0 Å². The Morgan fingerprint density at radius 1 is 1.33 bits per heavy atom. The van der Waals surface area contributed by atoms with Gasteiger partial charge in [-0.2, -0.15) is 0 Å². The van der Waals surface area contributed by atoms with Crippen LogP contribution >= 0.6 is 0 Å². The second-order valence-corrected chi connectivity index (χ2v) is 9.02. The summed E-state index contributed by atoms with van der Waals surface area (Å²) >= 11 is 0. The molecule has 6 heteroatoms. The van der Waals surface area contributed by atoms with Gasteiger partial charge in [-0.25, -0.2) is 13.4 Å². The molecular formula is C18H30N2O3S. The maximum absolute atomic E-state index is 12.6. The maximum Gasteiger partial charge on any atom is 0.179 e. The first-order valence-corrected chi connectivity index (χ1v) is 10.3. The first-order valence-electron chi connectivity index (χ1n) is 8.66. The minimum Gasteiger partial charge on any atom is -0.377 e. The molecule has 136 valence electrons. The van der Waals surface area contributed by atoms with E-state index >= 15 is 0 Å². The molecule has 5 nitrogen and oxygen atoms in total. The fourth-order valence-corrected chi connectivity index (χ4v) is 4.85. The van der Waals surface area contributed by atoms with Crippen molar-refractivity contribution in [2.45, 2.75) is 62.6 Å². The normalized spacial score (nSPS) is 21.1. The Kier molecular flexibility index (Phi) is 6.42. The molecule has 2 rings (SSSR count). The monoisotopic (exact) mass is 354 g/mol. The lowest BCUT2D eigenvalue weighted by atomic mass is 9.97. The zero-order valence-corrected chi connectivity index (χ0v) is 16.0. The predicted molar refractivity (Wildman–Crippen MR) is 96.5 cm³/mol. The van der Waals surface area contributed by atoms with E-state index in [2.05, 4.69) is 24.3 Å². The van der Waals surface area contributed by atoms with Crippen LogP contribution in [0.25, 0.3) is 0 Å². The fourth-order valence-electron chi connectivity index (χ4n) is 3.25. The van der Waals surface area contributed by atoms with Crippen LogP contribution in [0.4, 0.5) is 0 Å². The van der Waals surface area contributed by atoms with Crippen molar-refractivity contribution < 1.29 is 13.2 Å². The lowest BCUT2D eigenvalue weighted by molar-refractivity contribution is -0.0567. The molecule has 1 aromatic rings. The quantitative estimate of drug-likeness (QED) is 0.778. The highest BCUT2D eigenvalue weighted by atomic mass is 32.2. The number of ether oxygens (including phenoxy) is 1. The smallest absolute Gasteiger partial charge is 0.179 e. The van der Waals surface area contributed by atoms with Gasteiger partial charge in [-0.15, -0.1) is 0 Å². The Labute approximate surface area is 146 Å². The number of hydrazine groups is 1. The van der Waals surface area contributed by atoms with Gasteiger partial charge < -0.3 is 4.74 Å². The molecule has 0 aliphatic carbocycles. The van der Waals surface area contributed by atoms with Crippen LogP contribution in [-0.4, -0.2) is 50.5 Å². The third-order valence-corrected chi connectivity index (χ3v) is 6.78. The van der Waals surface area contributed by atoms with Crippen LogP contribution < -0.4 is 5.43 Å². The molecule has 0 amide bonds. The van der Waals surface area contributed by atoms with Gasteiger partial charge in [0.1, 0.15) is 0 Å². The molecule has 1 N–H and O–H groups in total. The van der Waals surface area contributed by atoms with Crippen molar-refractivity contribution in [1.82, 2.24) is 10.4 Å². The summed E-state index contributed by atoms with van der Waals surface area (Å²) in [5.74, 6) is 0.101. The molecule has 2 atom stereocenters. The molecule has 0 bridgehead atoms. The van der Waals surface area contributed by atoms with E-state index < -0.39 is 9.84 Å². The number of nitrogens with zero attached hydrogens (tertiary/aromatic N) is 1. The number of methoxy groups -OCH3 is 1. The SMILES string of the molecule is CC[C@H](CS(=O)(=O)c1ccccc1)NN1CCC[C@H]1C(C)(C)OC. The lowest BCUT2D eigenvalue weighted by Crippen LogP contribution is -2.56. The van der Waals surface area contributed by atoms with Crippen LogP contribution in [0, 0.1) is 0 Å². The van der Waals surface area contributed by atoms with Crippen LogP contribution in [0.3, 0.4) is 0 Å².